The summed E-state index contributed by atoms with van der Waals surface area (Å²) in [5.74, 6) is -0.498. The fraction of sp³-hybridized carbons (Fsp3) is 0.154. The zero-order valence-corrected chi connectivity index (χ0v) is 13.2. The molecule has 0 spiro atoms. The van der Waals surface area contributed by atoms with Crippen LogP contribution in [0.3, 0.4) is 0 Å². The Labute approximate surface area is 130 Å². The van der Waals surface area contributed by atoms with Crippen LogP contribution in [0.1, 0.15) is 15.2 Å². The van der Waals surface area contributed by atoms with Crippen molar-refractivity contribution in [3.05, 3.63) is 39.7 Å². The van der Waals surface area contributed by atoms with Gasteiger partial charge in [-0.25, -0.2) is 0 Å². The first-order valence-electron chi connectivity index (χ1n) is 5.77. The number of nitrogen functional groups attached to an aromatic ring is 1. The number of nitrogens with one attached hydrogen (secondary N) is 1. The van der Waals surface area contributed by atoms with E-state index in [2.05, 4.69) is 5.32 Å². The number of carbonyl (C=O) groups is 1. The number of rotatable bonds is 5. The highest BCUT2D eigenvalue weighted by molar-refractivity contribution is 7.99. The lowest BCUT2D eigenvalue weighted by atomic mass is 10.2. The maximum Gasteiger partial charge on any atom is 0.261 e. The van der Waals surface area contributed by atoms with E-state index in [9.17, 15) is 4.79 Å². The van der Waals surface area contributed by atoms with Gasteiger partial charge in [0.1, 0.15) is 9.88 Å². The number of halogens is 1. The standard InChI is InChI=1S/C13H14ClN3OS2/c1-19-11-9(15)10(12(16)18)20-13(11)17-6-7-2-4-8(14)5-3-7/h2-5,17H,6,15H2,1H3,(H2,16,18). The fourth-order valence-corrected chi connectivity index (χ4v) is 3.72. The van der Waals surface area contributed by atoms with Crippen LogP contribution in [0.25, 0.3) is 0 Å². The number of carbonyl (C=O) groups excluding carboxylic acids is 1. The van der Waals surface area contributed by atoms with Gasteiger partial charge in [-0.1, -0.05) is 23.7 Å². The molecule has 20 heavy (non-hydrogen) atoms. The Hall–Kier alpha value is -1.37. The number of anilines is 2. The molecule has 4 nitrogen and oxygen atoms in total. The molecule has 2 rings (SSSR count). The molecule has 106 valence electrons. The van der Waals surface area contributed by atoms with Gasteiger partial charge in [0.25, 0.3) is 5.91 Å². The van der Waals surface area contributed by atoms with Crippen molar-refractivity contribution in [3.63, 3.8) is 0 Å². The van der Waals surface area contributed by atoms with E-state index < -0.39 is 5.91 Å². The summed E-state index contributed by atoms with van der Waals surface area (Å²) in [6.45, 7) is 0.628. The molecule has 0 saturated heterocycles. The number of nitrogens with two attached hydrogens (primary N) is 2. The van der Waals surface area contributed by atoms with E-state index in [1.807, 2.05) is 30.5 Å². The summed E-state index contributed by atoms with van der Waals surface area (Å²) >= 11 is 8.62. The zero-order valence-electron chi connectivity index (χ0n) is 10.8. The molecule has 0 saturated carbocycles. The Morgan fingerprint density at radius 1 is 1.40 bits per heavy atom. The molecule has 1 aromatic carbocycles. The molecule has 0 aliphatic rings. The summed E-state index contributed by atoms with van der Waals surface area (Å²) in [4.78, 5) is 12.6. The van der Waals surface area contributed by atoms with E-state index in [1.54, 1.807) is 0 Å². The number of hydrogen-bond acceptors (Lipinski definition) is 5. The molecule has 1 amide bonds. The highest BCUT2D eigenvalue weighted by Crippen LogP contribution is 2.41. The fourth-order valence-electron chi connectivity index (χ4n) is 1.72. The average Bonchev–Trinajstić information content (AvgIpc) is 2.74. The van der Waals surface area contributed by atoms with E-state index in [-0.39, 0.29) is 0 Å². The van der Waals surface area contributed by atoms with Gasteiger partial charge >= 0.3 is 0 Å². The second kappa shape index (κ2) is 6.39. The summed E-state index contributed by atoms with van der Waals surface area (Å²) in [6.07, 6.45) is 1.91. The second-order valence-electron chi connectivity index (χ2n) is 4.05. The van der Waals surface area contributed by atoms with E-state index in [0.717, 1.165) is 15.5 Å². The van der Waals surface area contributed by atoms with Crippen molar-refractivity contribution in [2.24, 2.45) is 5.73 Å². The van der Waals surface area contributed by atoms with Crippen LogP contribution in [-0.4, -0.2) is 12.2 Å². The van der Waals surface area contributed by atoms with Crippen LogP contribution in [0.5, 0.6) is 0 Å². The third kappa shape index (κ3) is 3.20. The van der Waals surface area contributed by atoms with Gasteiger partial charge in [-0.05, 0) is 24.0 Å². The Balaban J connectivity index is 2.18. The number of amides is 1. The average molecular weight is 328 g/mol. The van der Waals surface area contributed by atoms with Crippen LogP contribution in [-0.2, 0) is 6.54 Å². The number of benzene rings is 1. The molecule has 0 aliphatic heterocycles. The van der Waals surface area contributed by atoms with Gasteiger partial charge in [-0.2, -0.15) is 0 Å². The second-order valence-corrected chi connectivity index (χ2v) is 6.33. The number of thiophene rings is 1. The van der Waals surface area contributed by atoms with Gasteiger partial charge < -0.3 is 16.8 Å². The molecule has 7 heteroatoms. The lowest BCUT2D eigenvalue weighted by Gasteiger charge is -2.06. The smallest absolute Gasteiger partial charge is 0.261 e. The number of hydrogen-bond donors (Lipinski definition) is 3. The van der Waals surface area contributed by atoms with Crippen LogP contribution in [0.2, 0.25) is 5.02 Å². The lowest BCUT2D eigenvalue weighted by Crippen LogP contribution is -2.10. The molecule has 0 bridgehead atoms. The lowest BCUT2D eigenvalue weighted by molar-refractivity contribution is 0.100. The van der Waals surface area contributed by atoms with E-state index in [1.165, 1.54) is 23.1 Å². The maximum atomic E-state index is 11.3. The monoisotopic (exact) mass is 327 g/mol. The SMILES string of the molecule is CSc1c(NCc2ccc(Cl)cc2)sc(C(N)=O)c1N. The first-order valence-corrected chi connectivity index (χ1v) is 8.19. The Kier molecular flexibility index (Phi) is 4.80. The van der Waals surface area contributed by atoms with Crippen LogP contribution in [0, 0.1) is 0 Å². The summed E-state index contributed by atoms with van der Waals surface area (Å²) in [6, 6.07) is 7.57. The van der Waals surface area contributed by atoms with Crippen molar-refractivity contribution in [2.45, 2.75) is 11.4 Å². The quantitative estimate of drug-likeness (QED) is 0.735. The minimum atomic E-state index is -0.498. The van der Waals surface area contributed by atoms with Crippen molar-refractivity contribution in [1.29, 1.82) is 0 Å². The molecule has 0 fully saturated rings. The first kappa shape index (κ1) is 15.0. The predicted molar refractivity (Wildman–Crippen MR) is 87.8 cm³/mol. The van der Waals surface area contributed by atoms with Crippen molar-refractivity contribution in [2.75, 3.05) is 17.3 Å². The molecule has 5 N–H and O–H groups in total. The van der Waals surface area contributed by atoms with Crippen molar-refractivity contribution >= 4 is 51.3 Å². The Bertz CT molecular complexity index is 625. The normalized spacial score (nSPS) is 10.5. The summed E-state index contributed by atoms with van der Waals surface area (Å²) < 4.78 is 0. The van der Waals surface area contributed by atoms with E-state index >= 15 is 0 Å². The summed E-state index contributed by atoms with van der Waals surface area (Å²) in [5.41, 5.74) is 12.8. The van der Waals surface area contributed by atoms with Gasteiger partial charge in [-0.3, -0.25) is 4.79 Å². The van der Waals surface area contributed by atoms with Crippen LogP contribution in [0.4, 0.5) is 10.7 Å². The number of thioether (sulfide) groups is 1. The van der Waals surface area contributed by atoms with Crippen LogP contribution in [0.15, 0.2) is 29.2 Å². The third-order valence-electron chi connectivity index (χ3n) is 2.69. The van der Waals surface area contributed by atoms with Gasteiger partial charge in [0.2, 0.25) is 0 Å². The maximum absolute atomic E-state index is 11.3. The van der Waals surface area contributed by atoms with E-state index in [0.29, 0.717) is 22.1 Å². The number of primary amides is 1. The highest BCUT2D eigenvalue weighted by atomic mass is 35.5. The van der Waals surface area contributed by atoms with Crippen molar-refractivity contribution in [3.8, 4) is 0 Å². The van der Waals surface area contributed by atoms with Crippen molar-refractivity contribution in [1.82, 2.24) is 0 Å². The van der Waals surface area contributed by atoms with Gasteiger partial charge in [-0.15, -0.1) is 23.1 Å². The predicted octanol–water partition coefficient (Wildman–Crippen LogP) is 3.42. The molecule has 0 aliphatic carbocycles. The zero-order chi connectivity index (χ0) is 14.7. The molecule has 0 radical (unpaired) electrons. The van der Waals surface area contributed by atoms with Gasteiger partial charge in [0, 0.05) is 11.6 Å². The highest BCUT2D eigenvalue weighted by Gasteiger charge is 2.18. The first-order chi connectivity index (χ1) is 9.52. The molecule has 2 aromatic rings. The van der Waals surface area contributed by atoms with Gasteiger partial charge in [0.15, 0.2) is 0 Å². The molecule has 1 heterocycles. The minimum absolute atomic E-state index is 0.396. The third-order valence-corrected chi connectivity index (χ3v) is 5.09. The molecular weight excluding hydrogens is 314 g/mol. The minimum Gasteiger partial charge on any atom is -0.396 e. The Morgan fingerprint density at radius 3 is 2.60 bits per heavy atom. The summed E-state index contributed by atoms with van der Waals surface area (Å²) in [7, 11) is 0. The molecule has 0 unspecified atom stereocenters. The largest absolute Gasteiger partial charge is 0.396 e. The van der Waals surface area contributed by atoms with E-state index in [4.69, 9.17) is 23.1 Å². The van der Waals surface area contributed by atoms with Crippen LogP contribution < -0.4 is 16.8 Å². The molecule has 1 aromatic heterocycles. The van der Waals surface area contributed by atoms with Crippen molar-refractivity contribution < 1.29 is 4.79 Å². The topological polar surface area (TPSA) is 81.1 Å². The Morgan fingerprint density at radius 2 is 2.05 bits per heavy atom. The molecule has 0 atom stereocenters. The van der Waals surface area contributed by atoms with Gasteiger partial charge in [0.05, 0.1) is 10.6 Å². The van der Waals surface area contributed by atoms with Crippen LogP contribution >= 0.6 is 34.7 Å². The summed E-state index contributed by atoms with van der Waals surface area (Å²) in [5, 5.41) is 4.85. The molecular formula is C13H14ClN3OS2.